The van der Waals surface area contributed by atoms with E-state index >= 15 is 0 Å². The van der Waals surface area contributed by atoms with Crippen molar-refractivity contribution in [1.82, 2.24) is 15.3 Å². The molecule has 100 valence electrons. The van der Waals surface area contributed by atoms with E-state index in [9.17, 15) is 5.11 Å². The molecule has 0 saturated heterocycles. The molecule has 1 aliphatic carbocycles. The van der Waals surface area contributed by atoms with Gasteiger partial charge in [-0.3, -0.25) is 9.97 Å². The number of aromatic nitrogens is 2. The quantitative estimate of drug-likeness (QED) is 0.857. The lowest BCUT2D eigenvalue weighted by Crippen LogP contribution is -2.44. The summed E-state index contributed by atoms with van der Waals surface area (Å²) in [5.74, 6) is 0.752. The van der Waals surface area contributed by atoms with Crippen LogP contribution in [0.3, 0.4) is 0 Å². The lowest BCUT2D eigenvalue weighted by molar-refractivity contribution is -0.00792. The van der Waals surface area contributed by atoms with Gasteiger partial charge in [0.15, 0.2) is 0 Å². The first-order chi connectivity index (χ1) is 8.59. The number of hydrogen-bond donors (Lipinski definition) is 2. The third-order valence-corrected chi connectivity index (χ3v) is 3.97. The lowest BCUT2D eigenvalue weighted by atomic mass is 9.79. The Morgan fingerprint density at radius 3 is 2.78 bits per heavy atom. The average molecular weight is 249 g/mol. The molecule has 0 amide bonds. The summed E-state index contributed by atoms with van der Waals surface area (Å²) in [6.45, 7) is 4.95. The first-order valence-electron chi connectivity index (χ1n) is 6.81. The van der Waals surface area contributed by atoms with Crippen LogP contribution in [0.15, 0.2) is 18.6 Å². The SMILES string of the molecule is CC1CCC(O)(CNC(C)c2cnccn2)CC1. The maximum Gasteiger partial charge on any atom is 0.0772 e. The Kier molecular flexibility index (Phi) is 4.30. The van der Waals surface area contributed by atoms with E-state index in [2.05, 4.69) is 29.1 Å². The van der Waals surface area contributed by atoms with Gasteiger partial charge in [-0.15, -0.1) is 0 Å². The standard InChI is InChI=1S/C14H23N3O/c1-11-3-5-14(18,6-4-11)10-17-12(2)13-9-15-7-8-16-13/h7-9,11-12,17-18H,3-6,10H2,1-2H3. The molecule has 1 saturated carbocycles. The third kappa shape index (κ3) is 3.50. The number of aliphatic hydroxyl groups is 1. The summed E-state index contributed by atoms with van der Waals surface area (Å²) >= 11 is 0. The second-order valence-electron chi connectivity index (χ2n) is 5.64. The molecule has 1 aromatic heterocycles. The van der Waals surface area contributed by atoms with Gasteiger partial charge in [-0.1, -0.05) is 6.92 Å². The zero-order chi connectivity index (χ0) is 13.0. The molecule has 4 nitrogen and oxygen atoms in total. The van der Waals surface area contributed by atoms with Crippen molar-refractivity contribution >= 4 is 0 Å². The molecule has 18 heavy (non-hydrogen) atoms. The van der Waals surface area contributed by atoms with Gasteiger partial charge in [-0.2, -0.15) is 0 Å². The molecule has 0 radical (unpaired) electrons. The van der Waals surface area contributed by atoms with E-state index in [-0.39, 0.29) is 6.04 Å². The summed E-state index contributed by atoms with van der Waals surface area (Å²) in [6.07, 6.45) is 9.18. The monoisotopic (exact) mass is 249 g/mol. The minimum absolute atomic E-state index is 0.127. The van der Waals surface area contributed by atoms with Crippen molar-refractivity contribution < 1.29 is 5.11 Å². The van der Waals surface area contributed by atoms with Crippen LogP contribution in [-0.4, -0.2) is 27.2 Å². The van der Waals surface area contributed by atoms with Crippen LogP contribution in [0.25, 0.3) is 0 Å². The van der Waals surface area contributed by atoms with E-state index in [1.54, 1.807) is 18.6 Å². The van der Waals surface area contributed by atoms with Crippen LogP contribution >= 0.6 is 0 Å². The number of nitrogens with one attached hydrogen (secondary N) is 1. The highest BCUT2D eigenvalue weighted by Gasteiger charge is 2.31. The summed E-state index contributed by atoms with van der Waals surface area (Å²) in [4.78, 5) is 8.33. The summed E-state index contributed by atoms with van der Waals surface area (Å²) in [6, 6.07) is 0.127. The van der Waals surface area contributed by atoms with Gasteiger partial charge in [-0.25, -0.2) is 0 Å². The second-order valence-corrected chi connectivity index (χ2v) is 5.64. The van der Waals surface area contributed by atoms with Gasteiger partial charge < -0.3 is 10.4 Å². The van der Waals surface area contributed by atoms with Crippen LogP contribution in [0.4, 0.5) is 0 Å². The third-order valence-electron chi connectivity index (χ3n) is 3.97. The van der Waals surface area contributed by atoms with Gasteiger partial charge >= 0.3 is 0 Å². The molecule has 4 heteroatoms. The first kappa shape index (κ1) is 13.4. The molecule has 0 aromatic carbocycles. The largest absolute Gasteiger partial charge is 0.389 e. The highest BCUT2D eigenvalue weighted by atomic mass is 16.3. The Labute approximate surface area is 109 Å². The molecule has 2 rings (SSSR count). The zero-order valence-corrected chi connectivity index (χ0v) is 11.3. The number of hydrogen-bond acceptors (Lipinski definition) is 4. The minimum Gasteiger partial charge on any atom is -0.389 e. The van der Waals surface area contributed by atoms with Gasteiger partial charge in [0.2, 0.25) is 0 Å². The topological polar surface area (TPSA) is 58.0 Å². The summed E-state index contributed by atoms with van der Waals surface area (Å²) < 4.78 is 0. The molecule has 1 unspecified atom stereocenters. The predicted octanol–water partition coefficient (Wildman–Crippen LogP) is 2.07. The Morgan fingerprint density at radius 2 is 2.17 bits per heavy atom. The molecule has 0 aliphatic heterocycles. The van der Waals surface area contributed by atoms with Gasteiger partial charge in [0.25, 0.3) is 0 Å². The fourth-order valence-electron chi connectivity index (χ4n) is 2.46. The van der Waals surface area contributed by atoms with Crippen LogP contribution in [0, 0.1) is 5.92 Å². The molecule has 0 bridgehead atoms. The van der Waals surface area contributed by atoms with E-state index < -0.39 is 5.60 Å². The van der Waals surface area contributed by atoms with Crippen molar-refractivity contribution in [2.24, 2.45) is 5.92 Å². The molecular weight excluding hydrogens is 226 g/mol. The number of rotatable bonds is 4. The number of nitrogens with zero attached hydrogens (tertiary/aromatic N) is 2. The maximum atomic E-state index is 10.5. The molecule has 0 spiro atoms. The Balaban J connectivity index is 1.84. The van der Waals surface area contributed by atoms with Crippen molar-refractivity contribution in [1.29, 1.82) is 0 Å². The van der Waals surface area contributed by atoms with E-state index in [4.69, 9.17) is 0 Å². The van der Waals surface area contributed by atoms with Crippen LogP contribution in [-0.2, 0) is 0 Å². The summed E-state index contributed by atoms with van der Waals surface area (Å²) in [5.41, 5.74) is 0.383. The smallest absolute Gasteiger partial charge is 0.0772 e. The Bertz CT molecular complexity index is 361. The molecule has 1 aliphatic rings. The van der Waals surface area contributed by atoms with E-state index in [0.717, 1.165) is 37.3 Å². The van der Waals surface area contributed by atoms with Gasteiger partial charge in [0.05, 0.1) is 11.3 Å². The fourth-order valence-corrected chi connectivity index (χ4v) is 2.46. The first-order valence-corrected chi connectivity index (χ1v) is 6.81. The molecule has 2 N–H and O–H groups in total. The van der Waals surface area contributed by atoms with Crippen molar-refractivity contribution in [3.63, 3.8) is 0 Å². The molecule has 1 heterocycles. The van der Waals surface area contributed by atoms with Crippen LogP contribution in [0.1, 0.15) is 51.3 Å². The summed E-state index contributed by atoms with van der Waals surface area (Å²) in [5, 5.41) is 13.9. The van der Waals surface area contributed by atoms with Crippen molar-refractivity contribution in [3.8, 4) is 0 Å². The second kappa shape index (κ2) is 5.76. The van der Waals surface area contributed by atoms with Gasteiger partial charge in [0, 0.05) is 31.2 Å². The normalized spacial score (nSPS) is 30.1. The molecule has 1 aromatic rings. The van der Waals surface area contributed by atoms with E-state index in [1.165, 1.54) is 0 Å². The predicted molar refractivity (Wildman–Crippen MR) is 71.0 cm³/mol. The Morgan fingerprint density at radius 1 is 1.44 bits per heavy atom. The fraction of sp³-hybridized carbons (Fsp3) is 0.714. The van der Waals surface area contributed by atoms with Crippen molar-refractivity contribution in [2.75, 3.05) is 6.54 Å². The lowest BCUT2D eigenvalue weighted by Gasteiger charge is -2.35. The van der Waals surface area contributed by atoms with Crippen molar-refractivity contribution in [2.45, 2.75) is 51.2 Å². The molecule has 1 atom stereocenters. The van der Waals surface area contributed by atoms with Gasteiger partial charge in [0.1, 0.15) is 0 Å². The van der Waals surface area contributed by atoms with Gasteiger partial charge in [-0.05, 0) is 38.5 Å². The zero-order valence-electron chi connectivity index (χ0n) is 11.3. The van der Waals surface area contributed by atoms with Crippen LogP contribution in [0.2, 0.25) is 0 Å². The highest BCUT2D eigenvalue weighted by molar-refractivity contribution is 5.01. The van der Waals surface area contributed by atoms with Crippen molar-refractivity contribution in [3.05, 3.63) is 24.3 Å². The van der Waals surface area contributed by atoms with Crippen LogP contribution < -0.4 is 5.32 Å². The Hall–Kier alpha value is -1.00. The maximum absolute atomic E-state index is 10.5. The molecule has 1 fully saturated rings. The summed E-state index contributed by atoms with van der Waals surface area (Å²) in [7, 11) is 0. The highest BCUT2D eigenvalue weighted by Crippen LogP contribution is 2.31. The van der Waals surface area contributed by atoms with E-state index in [1.807, 2.05) is 0 Å². The van der Waals surface area contributed by atoms with E-state index in [0.29, 0.717) is 6.54 Å². The van der Waals surface area contributed by atoms with Crippen LogP contribution in [0.5, 0.6) is 0 Å². The molecular formula is C14H23N3O. The minimum atomic E-state index is -0.539. The average Bonchev–Trinajstić information content (AvgIpc) is 2.41.